The van der Waals surface area contributed by atoms with Crippen LogP contribution in [-0.2, 0) is 6.54 Å². The molecular formula is C21H15Cl2N3OS2. The number of ketones is 1. The number of halogens is 2. The van der Waals surface area contributed by atoms with E-state index in [1.165, 1.54) is 11.8 Å². The van der Waals surface area contributed by atoms with E-state index < -0.39 is 0 Å². The van der Waals surface area contributed by atoms with Crippen molar-refractivity contribution in [2.45, 2.75) is 11.7 Å². The quantitative estimate of drug-likeness (QED) is 0.177. The number of Topliss-reactive ketones (excluding diaryl/α,β-unsaturated/α-hetero) is 1. The van der Waals surface area contributed by atoms with Gasteiger partial charge in [-0.15, -0.1) is 28.1 Å². The van der Waals surface area contributed by atoms with Gasteiger partial charge in [0.25, 0.3) is 0 Å². The van der Waals surface area contributed by atoms with Crippen LogP contribution in [0.25, 0.3) is 20.8 Å². The van der Waals surface area contributed by atoms with Crippen LogP contribution in [0.1, 0.15) is 10.4 Å². The van der Waals surface area contributed by atoms with Gasteiger partial charge in [-0.3, -0.25) is 9.36 Å². The maximum atomic E-state index is 12.5. The summed E-state index contributed by atoms with van der Waals surface area (Å²) >= 11 is 15.4. The van der Waals surface area contributed by atoms with E-state index >= 15 is 0 Å². The van der Waals surface area contributed by atoms with Crippen molar-refractivity contribution >= 4 is 62.2 Å². The van der Waals surface area contributed by atoms with Crippen LogP contribution in [0, 0.1) is 0 Å². The molecule has 0 spiro atoms. The highest BCUT2D eigenvalue weighted by atomic mass is 35.5. The van der Waals surface area contributed by atoms with Crippen molar-refractivity contribution in [3.05, 3.63) is 76.8 Å². The van der Waals surface area contributed by atoms with Gasteiger partial charge in [0.1, 0.15) is 0 Å². The number of carbonyl (C=O) groups is 1. The molecule has 0 amide bonds. The lowest BCUT2D eigenvalue weighted by atomic mass is 10.1. The highest BCUT2D eigenvalue weighted by Crippen LogP contribution is 2.41. The van der Waals surface area contributed by atoms with Gasteiger partial charge in [-0.05, 0) is 30.3 Å². The molecule has 2 heterocycles. The summed E-state index contributed by atoms with van der Waals surface area (Å²) in [6, 6.07) is 14.8. The fraction of sp³-hybridized carbons (Fsp3) is 0.0952. The van der Waals surface area contributed by atoms with Crippen molar-refractivity contribution in [3.63, 3.8) is 0 Å². The molecule has 4 rings (SSSR count). The summed E-state index contributed by atoms with van der Waals surface area (Å²) < 4.78 is 3.02. The zero-order chi connectivity index (χ0) is 20.4. The number of thiophene rings is 1. The summed E-state index contributed by atoms with van der Waals surface area (Å²) in [5.41, 5.74) is 0.615. The summed E-state index contributed by atoms with van der Waals surface area (Å²) in [6.07, 6.45) is 1.78. The summed E-state index contributed by atoms with van der Waals surface area (Å²) in [5.74, 6) is 0.927. The van der Waals surface area contributed by atoms with E-state index in [9.17, 15) is 4.79 Å². The fourth-order valence-electron chi connectivity index (χ4n) is 2.86. The molecule has 146 valence electrons. The molecule has 4 aromatic rings. The van der Waals surface area contributed by atoms with Crippen LogP contribution in [0.2, 0.25) is 10.0 Å². The second-order valence-corrected chi connectivity index (χ2v) is 8.97. The molecular weight excluding hydrogens is 445 g/mol. The number of fused-ring (bicyclic) bond motifs is 1. The van der Waals surface area contributed by atoms with Gasteiger partial charge >= 0.3 is 0 Å². The van der Waals surface area contributed by atoms with Crippen molar-refractivity contribution in [1.29, 1.82) is 0 Å². The van der Waals surface area contributed by atoms with Gasteiger partial charge in [-0.1, -0.05) is 59.2 Å². The minimum absolute atomic E-state index is 0.00117. The van der Waals surface area contributed by atoms with Crippen LogP contribution in [0.3, 0.4) is 0 Å². The van der Waals surface area contributed by atoms with Gasteiger partial charge in [0.2, 0.25) is 0 Å². The predicted octanol–water partition coefficient (Wildman–Crippen LogP) is 6.63. The van der Waals surface area contributed by atoms with E-state index in [-0.39, 0.29) is 11.5 Å². The molecule has 8 heteroatoms. The van der Waals surface area contributed by atoms with Crippen LogP contribution in [0.4, 0.5) is 0 Å². The van der Waals surface area contributed by atoms with Crippen LogP contribution >= 0.6 is 46.3 Å². The molecule has 0 unspecified atom stereocenters. The van der Waals surface area contributed by atoms with Crippen molar-refractivity contribution in [2.24, 2.45) is 0 Å². The minimum atomic E-state index is 0.00117. The number of thioether (sulfide) groups is 1. The molecule has 2 aromatic carbocycles. The second kappa shape index (κ2) is 8.71. The normalized spacial score (nSPS) is 11.1. The van der Waals surface area contributed by atoms with Crippen LogP contribution < -0.4 is 0 Å². The lowest BCUT2D eigenvalue weighted by Crippen LogP contribution is -2.05. The van der Waals surface area contributed by atoms with E-state index in [1.807, 2.05) is 28.8 Å². The zero-order valence-electron chi connectivity index (χ0n) is 15.1. The average molecular weight is 460 g/mol. The second-order valence-electron chi connectivity index (χ2n) is 6.17. The fourth-order valence-corrected chi connectivity index (χ4v) is 5.34. The van der Waals surface area contributed by atoms with Crippen molar-refractivity contribution in [1.82, 2.24) is 14.8 Å². The van der Waals surface area contributed by atoms with Crippen molar-refractivity contribution < 1.29 is 4.79 Å². The van der Waals surface area contributed by atoms with E-state index in [0.29, 0.717) is 33.1 Å². The largest absolute Gasteiger partial charge is 0.297 e. The summed E-state index contributed by atoms with van der Waals surface area (Å²) in [7, 11) is 0. The monoisotopic (exact) mass is 459 g/mol. The molecule has 2 aromatic heterocycles. The Morgan fingerprint density at radius 2 is 1.90 bits per heavy atom. The van der Waals surface area contributed by atoms with E-state index in [1.54, 1.807) is 41.7 Å². The number of hydrogen-bond acceptors (Lipinski definition) is 5. The Morgan fingerprint density at radius 1 is 1.14 bits per heavy atom. The summed E-state index contributed by atoms with van der Waals surface area (Å²) in [5, 5.41) is 11.6. The lowest BCUT2D eigenvalue weighted by molar-refractivity contribution is 0.102. The topological polar surface area (TPSA) is 47.8 Å². The van der Waals surface area contributed by atoms with E-state index in [4.69, 9.17) is 23.2 Å². The Bertz CT molecular complexity index is 1200. The van der Waals surface area contributed by atoms with Crippen molar-refractivity contribution in [3.8, 4) is 10.7 Å². The minimum Gasteiger partial charge on any atom is -0.297 e. The lowest BCUT2D eigenvalue weighted by Gasteiger charge is -2.07. The SMILES string of the molecule is C=CCn1c(SCC(=O)c2ccc(Cl)cc2)nnc1-c1sc2ccccc2c1Cl. The Balaban J connectivity index is 1.62. The van der Waals surface area contributed by atoms with Gasteiger partial charge in [0.15, 0.2) is 16.8 Å². The number of nitrogens with zero attached hydrogens (tertiary/aromatic N) is 3. The number of allylic oxidation sites excluding steroid dienone is 1. The van der Waals surface area contributed by atoms with Crippen LogP contribution in [-0.4, -0.2) is 26.3 Å². The summed E-state index contributed by atoms with van der Waals surface area (Å²) in [4.78, 5) is 13.3. The number of rotatable bonds is 7. The standard InChI is InChI=1S/C21H15Cl2N3OS2/c1-2-11-26-20(19-18(23)15-5-3-4-6-17(15)29-19)24-25-21(26)28-12-16(27)13-7-9-14(22)10-8-13/h2-10H,1,11-12H2. The first-order chi connectivity index (χ1) is 14.1. The first kappa shape index (κ1) is 20.2. The van der Waals surface area contributed by atoms with Gasteiger partial charge in [0.05, 0.1) is 15.7 Å². The zero-order valence-corrected chi connectivity index (χ0v) is 18.3. The number of hydrogen-bond donors (Lipinski definition) is 0. The molecule has 29 heavy (non-hydrogen) atoms. The molecule has 4 nitrogen and oxygen atoms in total. The Labute approximate surface area is 186 Å². The summed E-state index contributed by atoms with van der Waals surface area (Å²) in [6.45, 7) is 4.35. The molecule has 0 fully saturated rings. The number of carbonyl (C=O) groups excluding carboxylic acids is 1. The highest BCUT2D eigenvalue weighted by molar-refractivity contribution is 7.99. The Hall–Kier alpha value is -2.12. The number of aromatic nitrogens is 3. The highest BCUT2D eigenvalue weighted by Gasteiger charge is 2.20. The Kier molecular flexibility index (Phi) is 6.06. The predicted molar refractivity (Wildman–Crippen MR) is 123 cm³/mol. The first-order valence-electron chi connectivity index (χ1n) is 8.71. The van der Waals surface area contributed by atoms with Gasteiger partial charge in [0, 0.05) is 27.2 Å². The van der Waals surface area contributed by atoms with Gasteiger partial charge < -0.3 is 0 Å². The molecule has 0 atom stereocenters. The third kappa shape index (κ3) is 4.12. The average Bonchev–Trinajstić information content (AvgIpc) is 3.28. The molecule has 0 N–H and O–H groups in total. The molecule has 0 saturated heterocycles. The molecule has 0 aliphatic carbocycles. The van der Waals surface area contributed by atoms with Gasteiger partial charge in [-0.2, -0.15) is 0 Å². The van der Waals surface area contributed by atoms with Gasteiger partial charge in [-0.25, -0.2) is 0 Å². The first-order valence-corrected chi connectivity index (χ1v) is 11.3. The van der Waals surface area contributed by atoms with E-state index in [2.05, 4.69) is 16.8 Å². The maximum absolute atomic E-state index is 12.5. The van der Waals surface area contributed by atoms with E-state index in [0.717, 1.165) is 15.0 Å². The molecule has 0 aliphatic rings. The van der Waals surface area contributed by atoms with Crippen LogP contribution in [0.15, 0.2) is 66.3 Å². The number of benzene rings is 2. The maximum Gasteiger partial charge on any atom is 0.192 e. The third-order valence-electron chi connectivity index (χ3n) is 4.27. The molecule has 0 radical (unpaired) electrons. The van der Waals surface area contributed by atoms with Crippen molar-refractivity contribution in [2.75, 3.05) is 5.75 Å². The molecule has 0 aliphatic heterocycles. The smallest absolute Gasteiger partial charge is 0.192 e. The molecule has 0 bridgehead atoms. The molecule has 0 saturated carbocycles. The third-order valence-corrected chi connectivity index (χ3v) is 7.16. The van der Waals surface area contributed by atoms with Crippen LogP contribution in [0.5, 0.6) is 0 Å². The Morgan fingerprint density at radius 3 is 2.62 bits per heavy atom.